The largest absolute Gasteiger partial charge is 0.508 e. The number of esters is 2. The van der Waals surface area contributed by atoms with E-state index in [0.717, 1.165) is 24.7 Å². The Labute approximate surface area is 340 Å². The lowest BCUT2D eigenvalue weighted by molar-refractivity contribution is -0.237. The SMILES string of the molecule is Cc1occc(=O)c1[C@@H]1O[C@H](COC(=O)C2C(c3ccc(O)cc3)C(C(=O)OC[C@H]3O[C@@H](c4c(C)occc4=O)[C@H](O)[C@@H](O)[C@@H]3O)C2c2ccc(O)cc2)[C@@H](O)[C@H](O)[C@H]1O. The normalized spacial score (nSPS) is 32.7. The van der Waals surface area contributed by atoms with Gasteiger partial charge in [0.2, 0.25) is 0 Å². The van der Waals surface area contributed by atoms with Crippen LogP contribution in [-0.2, 0) is 28.5 Å². The predicted molar refractivity (Wildman–Crippen MR) is 201 cm³/mol. The molecule has 2 aromatic carbocycles. The number of carbonyl (C=O) groups excluding carboxylic acids is 2. The molecule has 3 fully saturated rings. The molecule has 2 saturated heterocycles. The van der Waals surface area contributed by atoms with Crippen molar-refractivity contribution >= 4 is 11.9 Å². The zero-order valence-corrected chi connectivity index (χ0v) is 32.1. The van der Waals surface area contributed by atoms with Crippen molar-refractivity contribution in [2.24, 2.45) is 11.8 Å². The van der Waals surface area contributed by atoms with E-state index in [9.17, 15) is 60.0 Å². The lowest BCUT2D eigenvalue weighted by Crippen LogP contribution is -2.57. The van der Waals surface area contributed by atoms with Gasteiger partial charge in [-0.25, -0.2) is 0 Å². The van der Waals surface area contributed by atoms with Crippen molar-refractivity contribution in [2.75, 3.05) is 13.2 Å². The van der Waals surface area contributed by atoms with Crippen molar-refractivity contribution in [3.05, 3.63) is 127 Å². The number of aliphatic hydroxyl groups excluding tert-OH is 6. The fourth-order valence-electron chi connectivity index (χ4n) is 8.46. The Morgan fingerprint density at radius 2 is 0.883 bits per heavy atom. The van der Waals surface area contributed by atoms with E-state index in [0.29, 0.717) is 11.1 Å². The molecule has 18 nitrogen and oxygen atoms in total. The average Bonchev–Trinajstić information content (AvgIpc) is 3.20. The maximum atomic E-state index is 14.3. The summed E-state index contributed by atoms with van der Waals surface area (Å²) in [6.45, 7) is 1.54. The van der Waals surface area contributed by atoms with Gasteiger partial charge in [0.05, 0.1) is 35.5 Å². The Kier molecular flexibility index (Phi) is 12.3. The Bertz CT molecular complexity index is 2120. The van der Waals surface area contributed by atoms with Crippen LogP contribution in [0, 0.1) is 25.7 Å². The second-order valence-electron chi connectivity index (χ2n) is 15.2. The van der Waals surface area contributed by atoms with Crippen LogP contribution in [0.3, 0.4) is 0 Å². The quantitative estimate of drug-likeness (QED) is 0.0995. The van der Waals surface area contributed by atoms with Gasteiger partial charge in [0.1, 0.15) is 97.3 Å². The molecule has 0 radical (unpaired) electrons. The minimum absolute atomic E-state index is 0.0868. The van der Waals surface area contributed by atoms with Gasteiger partial charge < -0.3 is 68.6 Å². The molecule has 60 heavy (non-hydrogen) atoms. The predicted octanol–water partition coefficient (Wildman–Crippen LogP) is 0.266. The van der Waals surface area contributed by atoms with E-state index in [2.05, 4.69) is 0 Å². The third-order valence-electron chi connectivity index (χ3n) is 11.6. The molecule has 1 saturated carbocycles. The molecule has 18 heteroatoms. The van der Waals surface area contributed by atoms with Crippen LogP contribution < -0.4 is 10.9 Å². The van der Waals surface area contributed by atoms with Gasteiger partial charge in [-0.05, 0) is 49.2 Å². The van der Waals surface area contributed by atoms with Gasteiger partial charge in [0.25, 0.3) is 0 Å². The van der Waals surface area contributed by atoms with Crippen molar-refractivity contribution in [2.45, 2.75) is 86.7 Å². The molecule has 0 unspecified atom stereocenters. The van der Waals surface area contributed by atoms with Crippen molar-refractivity contribution in [3.63, 3.8) is 0 Å². The number of ether oxygens (including phenoxy) is 4. The number of aliphatic hydroxyl groups is 6. The number of phenols is 2. The highest BCUT2D eigenvalue weighted by atomic mass is 16.6. The van der Waals surface area contributed by atoms with Gasteiger partial charge in [0.15, 0.2) is 10.9 Å². The van der Waals surface area contributed by atoms with Crippen LogP contribution in [-0.4, -0.2) is 115 Å². The lowest BCUT2D eigenvalue weighted by Gasteiger charge is -2.50. The van der Waals surface area contributed by atoms with E-state index >= 15 is 0 Å². The summed E-state index contributed by atoms with van der Waals surface area (Å²) < 4.78 is 33.8. The van der Waals surface area contributed by atoms with Crippen molar-refractivity contribution in [1.29, 1.82) is 0 Å². The van der Waals surface area contributed by atoms with E-state index in [1.807, 2.05) is 0 Å². The van der Waals surface area contributed by atoms with Gasteiger partial charge in [-0.15, -0.1) is 0 Å². The van der Waals surface area contributed by atoms with Gasteiger partial charge in [-0.2, -0.15) is 0 Å². The van der Waals surface area contributed by atoms with Gasteiger partial charge in [-0.3, -0.25) is 19.2 Å². The van der Waals surface area contributed by atoms with Crippen LogP contribution in [0.15, 0.2) is 91.6 Å². The van der Waals surface area contributed by atoms with Crippen molar-refractivity contribution in [3.8, 4) is 11.5 Å². The van der Waals surface area contributed by atoms with Crippen LogP contribution in [0.2, 0.25) is 0 Å². The third-order valence-corrected chi connectivity index (χ3v) is 11.6. The van der Waals surface area contributed by atoms with Crippen LogP contribution in [0.4, 0.5) is 0 Å². The molecular formula is C42H44O18. The lowest BCUT2D eigenvalue weighted by atomic mass is 9.52. The second kappa shape index (κ2) is 17.3. The van der Waals surface area contributed by atoms with Crippen molar-refractivity contribution in [1.82, 2.24) is 0 Å². The van der Waals surface area contributed by atoms with E-state index < -0.39 is 121 Å². The molecule has 4 aromatic rings. The second-order valence-corrected chi connectivity index (χ2v) is 15.2. The van der Waals surface area contributed by atoms with Crippen LogP contribution in [0.5, 0.6) is 11.5 Å². The van der Waals surface area contributed by atoms with Crippen LogP contribution >= 0.6 is 0 Å². The molecule has 3 aliphatic rings. The maximum Gasteiger partial charge on any atom is 0.310 e. The number of hydrogen-bond donors (Lipinski definition) is 8. The van der Waals surface area contributed by atoms with E-state index in [4.69, 9.17) is 27.8 Å². The molecule has 0 amide bonds. The summed E-state index contributed by atoms with van der Waals surface area (Å²) in [5, 5.41) is 85.0. The molecule has 320 valence electrons. The van der Waals surface area contributed by atoms with E-state index in [1.54, 1.807) is 0 Å². The fraction of sp³-hybridized carbons (Fsp3) is 0.429. The standard InChI is InChI=1S/C42H44O18/c1-17-27(23(45)11-13-55-17)39-37(51)35(49)33(47)25(59-39)15-57-41(53)31-29(19-3-7-21(43)8-4-19)32(30(31)20-5-9-22(44)10-6-20)42(54)58-16-26-34(48)36(50)38(52)40(60-26)28-18(2)56-14-12-24(28)46/h3-14,25-26,29-40,43-44,47-52H,15-16H2,1-2H3/t25-,26-,29?,30?,31?,32?,33-,34-,35+,36+,37-,38-,39+,40+/m1/s1. The monoisotopic (exact) mass is 836 g/mol. The molecule has 10 atom stereocenters. The Hall–Kier alpha value is -5.44. The number of phenolic OH excluding ortho intramolecular Hbond substituents is 2. The first-order valence-corrected chi connectivity index (χ1v) is 19.1. The molecule has 7 rings (SSSR count). The Morgan fingerprint density at radius 3 is 1.22 bits per heavy atom. The Balaban J connectivity index is 1.16. The summed E-state index contributed by atoms with van der Waals surface area (Å²) in [5.41, 5.74) is -0.574. The molecular weight excluding hydrogens is 792 g/mol. The molecule has 0 bridgehead atoms. The first-order chi connectivity index (χ1) is 28.6. The highest BCUT2D eigenvalue weighted by Crippen LogP contribution is 2.59. The first-order valence-electron chi connectivity index (χ1n) is 19.1. The summed E-state index contributed by atoms with van der Waals surface area (Å²) >= 11 is 0. The highest BCUT2D eigenvalue weighted by Gasteiger charge is 2.60. The highest BCUT2D eigenvalue weighted by molar-refractivity contribution is 5.85. The first kappa shape index (κ1) is 42.7. The smallest absolute Gasteiger partial charge is 0.310 e. The molecule has 8 N–H and O–H groups in total. The third kappa shape index (κ3) is 7.95. The number of benzene rings is 2. The minimum atomic E-state index is -1.83. The molecule has 2 aromatic heterocycles. The zero-order valence-electron chi connectivity index (χ0n) is 32.1. The van der Waals surface area contributed by atoms with E-state index in [1.165, 1.54) is 62.4 Å². The fourth-order valence-corrected chi connectivity index (χ4v) is 8.46. The number of hydrogen-bond acceptors (Lipinski definition) is 18. The number of rotatable bonds is 10. The number of aryl methyl sites for hydroxylation is 2. The Morgan fingerprint density at radius 1 is 0.533 bits per heavy atom. The summed E-state index contributed by atoms with van der Waals surface area (Å²) in [4.78, 5) is 54.0. The summed E-state index contributed by atoms with van der Waals surface area (Å²) in [7, 11) is 0. The summed E-state index contributed by atoms with van der Waals surface area (Å²) in [6.07, 6.45) is -14.3. The van der Waals surface area contributed by atoms with E-state index in [-0.39, 0.29) is 34.1 Å². The molecule has 4 heterocycles. The summed E-state index contributed by atoms with van der Waals surface area (Å²) in [6, 6.07) is 13.5. The van der Waals surface area contributed by atoms with Gasteiger partial charge in [-0.1, -0.05) is 24.3 Å². The molecule has 1 aliphatic carbocycles. The van der Waals surface area contributed by atoms with Gasteiger partial charge in [0, 0.05) is 24.0 Å². The summed E-state index contributed by atoms with van der Waals surface area (Å²) in [5.74, 6) is -6.23. The number of aromatic hydroxyl groups is 2. The van der Waals surface area contributed by atoms with Crippen LogP contribution in [0.1, 0.15) is 57.8 Å². The number of carbonyl (C=O) groups is 2. The molecule has 2 aliphatic heterocycles. The van der Waals surface area contributed by atoms with Crippen LogP contribution in [0.25, 0.3) is 0 Å². The average molecular weight is 837 g/mol. The maximum absolute atomic E-state index is 14.3. The van der Waals surface area contributed by atoms with Gasteiger partial charge >= 0.3 is 11.9 Å². The minimum Gasteiger partial charge on any atom is -0.508 e. The zero-order chi connectivity index (χ0) is 43.2. The van der Waals surface area contributed by atoms with Crippen molar-refractivity contribution < 1.29 is 78.2 Å². The molecule has 0 spiro atoms. The topological polar surface area (TPSA) is 293 Å².